The summed E-state index contributed by atoms with van der Waals surface area (Å²) in [6.45, 7) is 4.90. The Kier molecular flexibility index (Phi) is 6.87. The van der Waals surface area contributed by atoms with Crippen molar-refractivity contribution in [2.45, 2.75) is 25.5 Å². The highest BCUT2D eigenvalue weighted by Crippen LogP contribution is 2.45. The van der Waals surface area contributed by atoms with E-state index in [0.717, 1.165) is 24.3 Å². The van der Waals surface area contributed by atoms with Crippen LogP contribution in [0.3, 0.4) is 0 Å². The monoisotopic (exact) mass is 554 g/mol. The van der Waals surface area contributed by atoms with Gasteiger partial charge in [0.1, 0.15) is 22.1 Å². The Balaban J connectivity index is 1.23. The number of hydrogen-bond acceptors (Lipinski definition) is 7. The molecule has 2 aliphatic rings. The number of thiophene rings is 1. The third-order valence-corrected chi connectivity index (χ3v) is 7.99. The molecular weight excluding hydrogens is 528 g/mol. The standard InChI is InChI=1S/C29H26N6O4S/c1-2-23(36)34-14-6-7-18(16-34)32-27(37)26-25-24-22(12-13-30-28(24)40-26)35(29(38)33-25)20-11-10-19(31-15-20)17-39-21-8-4-3-5-9-21/h2-5,8-13,15,18H,1,6-7,14,16-17H2,(H,32,37)(H,33,38)/t18-/m1/s1. The number of anilines is 3. The van der Waals surface area contributed by atoms with Crippen LogP contribution in [-0.4, -0.2) is 51.8 Å². The minimum atomic E-state index is -0.400. The van der Waals surface area contributed by atoms with Gasteiger partial charge in [-0.2, -0.15) is 0 Å². The molecule has 4 amide bonds. The second-order valence-corrected chi connectivity index (χ2v) is 10.5. The van der Waals surface area contributed by atoms with Crippen LogP contribution in [0.15, 0.2) is 73.6 Å². The third kappa shape index (κ3) is 4.87. The van der Waals surface area contributed by atoms with Gasteiger partial charge >= 0.3 is 6.03 Å². The van der Waals surface area contributed by atoms with Gasteiger partial charge in [0, 0.05) is 25.3 Å². The average Bonchev–Trinajstić information content (AvgIpc) is 3.36. The molecule has 40 heavy (non-hydrogen) atoms. The first-order chi connectivity index (χ1) is 19.5. The van der Waals surface area contributed by atoms with Crippen LogP contribution in [0.1, 0.15) is 28.2 Å². The van der Waals surface area contributed by atoms with E-state index in [9.17, 15) is 14.4 Å². The first-order valence-electron chi connectivity index (χ1n) is 12.9. The van der Waals surface area contributed by atoms with Crippen molar-refractivity contribution < 1.29 is 19.1 Å². The van der Waals surface area contributed by atoms with E-state index in [-0.39, 0.29) is 17.9 Å². The highest BCUT2D eigenvalue weighted by atomic mass is 32.1. The van der Waals surface area contributed by atoms with E-state index in [1.165, 1.54) is 22.3 Å². The number of hydrogen-bond donors (Lipinski definition) is 2. The Morgan fingerprint density at radius 3 is 2.80 bits per heavy atom. The summed E-state index contributed by atoms with van der Waals surface area (Å²) in [7, 11) is 0. The Morgan fingerprint density at radius 1 is 1.18 bits per heavy atom. The van der Waals surface area contributed by atoms with Crippen molar-refractivity contribution in [3.05, 3.63) is 84.2 Å². The minimum Gasteiger partial charge on any atom is -0.487 e. The average molecular weight is 555 g/mol. The second-order valence-electron chi connectivity index (χ2n) is 9.49. The number of rotatable bonds is 7. The van der Waals surface area contributed by atoms with Crippen LogP contribution < -0.4 is 20.3 Å². The predicted octanol–water partition coefficient (Wildman–Crippen LogP) is 4.86. The number of amides is 4. The molecule has 1 atom stereocenters. The van der Waals surface area contributed by atoms with Crippen molar-refractivity contribution in [1.29, 1.82) is 0 Å². The summed E-state index contributed by atoms with van der Waals surface area (Å²) in [5, 5.41) is 6.64. The van der Waals surface area contributed by atoms with Crippen LogP contribution in [0.2, 0.25) is 0 Å². The van der Waals surface area contributed by atoms with Gasteiger partial charge in [-0.1, -0.05) is 24.8 Å². The van der Waals surface area contributed by atoms with E-state index in [1.807, 2.05) is 42.5 Å². The van der Waals surface area contributed by atoms with Gasteiger partial charge in [-0.3, -0.25) is 19.5 Å². The van der Waals surface area contributed by atoms with Crippen LogP contribution in [0.5, 0.6) is 5.75 Å². The van der Waals surface area contributed by atoms with E-state index in [2.05, 4.69) is 27.2 Å². The topological polar surface area (TPSA) is 117 Å². The largest absolute Gasteiger partial charge is 0.487 e. The molecule has 4 aromatic rings. The number of ether oxygens (including phenoxy) is 1. The number of nitrogens with zero attached hydrogens (tertiary/aromatic N) is 4. The number of pyridine rings is 2. The maximum Gasteiger partial charge on any atom is 0.331 e. The zero-order valence-electron chi connectivity index (χ0n) is 21.5. The molecule has 10 nitrogen and oxygen atoms in total. The molecule has 11 heteroatoms. The summed E-state index contributed by atoms with van der Waals surface area (Å²) in [4.78, 5) is 52.0. The van der Waals surface area contributed by atoms with Crippen molar-refractivity contribution in [2.24, 2.45) is 0 Å². The summed E-state index contributed by atoms with van der Waals surface area (Å²) >= 11 is 1.22. The molecule has 3 aromatic heterocycles. The smallest absolute Gasteiger partial charge is 0.331 e. The van der Waals surface area contributed by atoms with E-state index in [1.54, 1.807) is 23.4 Å². The van der Waals surface area contributed by atoms with Crippen molar-refractivity contribution in [3.8, 4) is 5.75 Å². The lowest BCUT2D eigenvalue weighted by Crippen LogP contribution is -2.49. The van der Waals surface area contributed by atoms with Gasteiger partial charge in [0.25, 0.3) is 5.91 Å². The molecule has 0 unspecified atom stereocenters. The SMILES string of the molecule is C=CC(=O)N1CCC[C@@H](NC(=O)c2sc3nccc4c3c2NC(=O)N4c2ccc(COc3ccccc3)nc2)C1. The molecule has 202 valence electrons. The maximum atomic E-state index is 13.4. The Morgan fingerprint density at radius 2 is 2.02 bits per heavy atom. The molecule has 0 spiro atoms. The first kappa shape index (κ1) is 25.5. The van der Waals surface area contributed by atoms with Gasteiger partial charge < -0.3 is 20.3 Å². The molecule has 2 N–H and O–H groups in total. The molecular formula is C29H26N6O4S. The molecule has 0 saturated carbocycles. The first-order valence-corrected chi connectivity index (χ1v) is 13.7. The fraction of sp³-hybridized carbons (Fsp3) is 0.207. The molecule has 0 radical (unpaired) electrons. The number of aromatic nitrogens is 2. The summed E-state index contributed by atoms with van der Waals surface area (Å²) < 4.78 is 5.77. The van der Waals surface area contributed by atoms with Crippen LogP contribution in [-0.2, 0) is 11.4 Å². The Bertz CT molecular complexity index is 1600. The highest BCUT2D eigenvalue weighted by Gasteiger charge is 2.34. The number of benzene rings is 1. The molecule has 6 rings (SSSR count). The van der Waals surface area contributed by atoms with Crippen LogP contribution in [0, 0.1) is 0 Å². The van der Waals surface area contributed by atoms with Gasteiger partial charge in [0.15, 0.2) is 0 Å². The lowest BCUT2D eigenvalue weighted by Gasteiger charge is -2.32. The van der Waals surface area contributed by atoms with Gasteiger partial charge in [0.05, 0.1) is 34.3 Å². The second kappa shape index (κ2) is 10.8. The molecule has 1 fully saturated rings. The van der Waals surface area contributed by atoms with Gasteiger partial charge in [-0.15, -0.1) is 11.3 Å². The fourth-order valence-electron chi connectivity index (χ4n) is 4.98. The molecule has 1 saturated heterocycles. The van der Waals surface area contributed by atoms with E-state index >= 15 is 0 Å². The Hall–Kier alpha value is -4.77. The number of para-hydroxylation sites is 1. The zero-order chi connectivity index (χ0) is 27.6. The van der Waals surface area contributed by atoms with Crippen molar-refractivity contribution in [3.63, 3.8) is 0 Å². The molecule has 2 aliphatic heterocycles. The lowest BCUT2D eigenvalue weighted by atomic mass is 10.1. The molecule has 1 aromatic carbocycles. The summed E-state index contributed by atoms with van der Waals surface area (Å²) in [5.41, 5.74) is 2.36. The van der Waals surface area contributed by atoms with E-state index in [4.69, 9.17) is 4.74 Å². The number of nitrogens with one attached hydrogen (secondary N) is 2. The summed E-state index contributed by atoms with van der Waals surface area (Å²) in [6.07, 6.45) is 6.08. The Labute approximate surface area is 234 Å². The van der Waals surface area contributed by atoms with Crippen molar-refractivity contribution >= 4 is 56.5 Å². The molecule has 0 bridgehead atoms. The predicted molar refractivity (Wildman–Crippen MR) is 153 cm³/mol. The van der Waals surface area contributed by atoms with E-state index in [0.29, 0.717) is 51.9 Å². The number of urea groups is 1. The number of carbonyl (C=O) groups excluding carboxylic acids is 3. The number of likely N-dealkylation sites (tertiary alicyclic amines) is 1. The minimum absolute atomic E-state index is 0.150. The van der Waals surface area contributed by atoms with Crippen LogP contribution in [0.4, 0.5) is 21.9 Å². The van der Waals surface area contributed by atoms with Crippen LogP contribution >= 0.6 is 11.3 Å². The maximum absolute atomic E-state index is 13.4. The van der Waals surface area contributed by atoms with Crippen LogP contribution in [0.25, 0.3) is 10.2 Å². The van der Waals surface area contributed by atoms with Gasteiger partial charge in [0.2, 0.25) is 5.91 Å². The van der Waals surface area contributed by atoms with Crippen molar-refractivity contribution in [2.75, 3.05) is 23.3 Å². The van der Waals surface area contributed by atoms with Crippen molar-refractivity contribution in [1.82, 2.24) is 20.2 Å². The number of carbonyl (C=O) groups is 3. The molecule has 5 heterocycles. The highest BCUT2D eigenvalue weighted by molar-refractivity contribution is 7.21. The zero-order valence-corrected chi connectivity index (χ0v) is 22.3. The lowest BCUT2D eigenvalue weighted by molar-refractivity contribution is -0.127. The summed E-state index contributed by atoms with van der Waals surface area (Å²) in [5.74, 6) is 0.294. The molecule has 0 aliphatic carbocycles. The summed E-state index contributed by atoms with van der Waals surface area (Å²) in [6, 6.07) is 14.3. The van der Waals surface area contributed by atoms with Gasteiger partial charge in [-0.05, 0) is 49.2 Å². The third-order valence-electron chi connectivity index (χ3n) is 6.89. The fourth-order valence-corrected chi connectivity index (χ4v) is 6.01. The quantitative estimate of drug-likeness (QED) is 0.315. The number of piperidine rings is 1. The van der Waals surface area contributed by atoms with Gasteiger partial charge in [-0.25, -0.2) is 9.78 Å². The van der Waals surface area contributed by atoms with E-state index < -0.39 is 6.03 Å². The normalized spacial score (nSPS) is 16.4.